The molecular weight excluding hydrogens is 264 g/mol. The normalized spacial score (nSPS) is 12.6. The number of anilines is 1. The van der Waals surface area contributed by atoms with Gasteiger partial charge in [-0.05, 0) is 19.1 Å². The Kier molecular flexibility index (Phi) is 4.21. The summed E-state index contributed by atoms with van der Waals surface area (Å²) in [6, 6.07) is 6.11. The standard InChI is InChI=1S/C10H11ClN2O3S/c1-7(6-12)17(14,15)13-8-3-4-9(11)10(5-8)16-2/h3-5,7,13H,1-2H3. The molecule has 0 amide bonds. The van der Waals surface area contributed by atoms with E-state index in [1.807, 2.05) is 0 Å². The molecule has 0 heterocycles. The second kappa shape index (κ2) is 5.25. The van der Waals surface area contributed by atoms with E-state index in [1.54, 1.807) is 6.07 Å². The number of hydrogen-bond acceptors (Lipinski definition) is 4. The maximum Gasteiger partial charge on any atom is 0.248 e. The number of nitriles is 1. The Labute approximate surface area is 105 Å². The number of methoxy groups -OCH3 is 1. The second-order valence-corrected chi connectivity index (χ2v) is 5.68. The van der Waals surface area contributed by atoms with Crippen molar-refractivity contribution >= 4 is 27.3 Å². The first kappa shape index (κ1) is 13.6. The van der Waals surface area contributed by atoms with Crippen molar-refractivity contribution in [3.63, 3.8) is 0 Å². The van der Waals surface area contributed by atoms with Crippen molar-refractivity contribution in [2.45, 2.75) is 12.2 Å². The van der Waals surface area contributed by atoms with E-state index < -0.39 is 15.3 Å². The number of hydrogen-bond donors (Lipinski definition) is 1. The van der Waals surface area contributed by atoms with Crippen molar-refractivity contribution in [3.8, 4) is 11.8 Å². The van der Waals surface area contributed by atoms with Gasteiger partial charge in [0, 0.05) is 6.07 Å². The monoisotopic (exact) mass is 274 g/mol. The van der Waals surface area contributed by atoms with Gasteiger partial charge in [-0.2, -0.15) is 5.26 Å². The maximum absolute atomic E-state index is 11.6. The van der Waals surface area contributed by atoms with E-state index in [2.05, 4.69) is 4.72 Å². The molecule has 17 heavy (non-hydrogen) atoms. The highest BCUT2D eigenvalue weighted by Crippen LogP contribution is 2.28. The first-order valence-corrected chi connectivity index (χ1v) is 6.58. The third-order valence-electron chi connectivity index (χ3n) is 2.06. The molecule has 5 nitrogen and oxygen atoms in total. The van der Waals surface area contributed by atoms with Crippen LogP contribution in [0.15, 0.2) is 18.2 Å². The maximum atomic E-state index is 11.6. The van der Waals surface area contributed by atoms with Crippen LogP contribution in [0.3, 0.4) is 0 Å². The van der Waals surface area contributed by atoms with Gasteiger partial charge >= 0.3 is 0 Å². The minimum Gasteiger partial charge on any atom is -0.495 e. The van der Waals surface area contributed by atoms with Gasteiger partial charge in [-0.25, -0.2) is 8.42 Å². The van der Waals surface area contributed by atoms with E-state index in [0.717, 1.165) is 0 Å². The SMILES string of the molecule is COc1cc(NS(=O)(=O)C(C)C#N)ccc1Cl. The van der Waals surface area contributed by atoms with Gasteiger partial charge in [0.2, 0.25) is 10.0 Å². The number of nitrogens with one attached hydrogen (secondary N) is 1. The fraction of sp³-hybridized carbons (Fsp3) is 0.300. The van der Waals surface area contributed by atoms with Crippen molar-refractivity contribution in [3.05, 3.63) is 23.2 Å². The van der Waals surface area contributed by atoms with Crippen molar-refractivity contribution in [1.29, 1.82) is 5.26 Å². The number of ether oxygens (including phenoxy) is 1. The first-order valence-electron chi connectivity index (χ1n) is 4.65. The summed E-state index contributed by atoms with van der Waals surface area (Å²) in [5.41, 5.74) is 0.299. The third kappa shape index (κ3) is 3.25. The number of sulfonamides is 1. The second-order valence-electron chi connectivity index (χ2n) is 3.27. The molecular formula is C10H11ClN2O3S. The average molecular weight is 275 g/mol. The molecule has 0 aliphatic rings. The number of halogens is 1. The fourth-order valence-corrected chi connectivity index (χ4v) is 2.01. The van der Waals surface area contributed by atoms with Crippen LogP contribution in [0.1, 0.15) is 6.92 Å². The Morgan fingerprint density at radius 2 is 2.18 bits per heavy atom. The van der Waals surface area contributed by atoms with E-state index in [9.17, 15) is 8.42 Å². The quantitative estimate of drug-likeness (QED) is 0.911. The smallest absolute Gasteiger partial charge is 0.248 e. The summed E-state index contributed by atoms with van der Waals surface area (Å²) in [4.78, 5) is 0. The molecule has 1 rings (SSSR count). The molecule has 0 aliphatic heterocycles. The molecule has 0 aromatic heterocycles. The molecule has 1 aromatic carbocycles. The Morgan fingerprint density at radius 1 is 1.53 bits per heavy atom. The molecule has 0 saturated carbocycles. The lowest BCUT2D eigenvalue weighted by molar-refractivity contribution is 0.415. The molecule has 0 radical (unpaired) electrons. The third-order valence-corrected chi connectivity index (χ3v) is 3.93. The molecule has 92 valence electrons. The lowest BCUT2D eigenvalue weighted by Crippen LogP contribution is -2.23. The summed E-state index contributed by atoms with van der Waals surface area (Å²) in [6.07, 6.45) is 0. The molecule has 0 fully saturated rings. The molecule has 0 saturated heterocycles. The van der Waals surface area contributed by atoms with Gasteiger partial charge in [-0.1, -0.05) is 11.6 Å². The highest BCUT2D eigenvalue weighted by Gasteiger charge is 2.20. The van der Waals surface area contributed by atoms with Crippen LogP contribution in [0, 0.1) is 11.3 Å². The first-order chi connectivity index (χ1) is 7.90. The molecule has 0 spiro atoms. The van der Waals surface area contributed by atoms with E-state index in [-0.39, 0.29) is 0 Å². The van der Waals surface area contributed by atoms with E-state index in [1.165, 1.54) is 32.2 Å². The van der Waals surface area contributed by atoms with Crippen molar-refractivity contribution in [1.82, 2.24) is 0 Å². The van der Waals surface area contributed by atoms with E-state index in [0.29, 0.717) is 16.5 Å². The summed E-state index contributed by atoms with van der Waals surface area (Å²) in [5.74, 6) is 0.358. The lowest BCUT2D eigenvalue weighted by atomic mass is 10.3. The number of benzene rings is 1. The van der Waals surface area contributed by atoms with Crippen LogP contribution in [-0.2, 0) is 10.0 Å². The Hall–Kier alpha value is -1.45. The molecule has 1 unspecified atom stereocenters. The van der Waals surface area contributed by atoms with Gasteiger partial charge in [0.05, 0.1) is 23.9 Å². The van der Waals surface area contributed by atoms with Crippen LogP contribution in [0.2, 0.25) is 5.02 Å². The summed E-state index contributed by atoms with van der Waals surface area (Å²) >= 11 is 5.80. The van der Waals surface area contributed by atoms with E-state index >= 15 is 0 Å². The highest BCUT2D eigenvalue weighted by atomic mass is 35.5. The fourth-order valence-electron chi connectivity index (χ4n) is 1.05. The van der Waals surface area contributed by atoms with Gasteiger partial charge in [0.1, 0.15) is 5.75 Å². The molecule has 1 atom stereocenters. The Balaban J connectivity index is 3.02. The summed E-state index contributed by atoms with van der Waals surface area (Å²) in [7, 11) is -2.28. The highest BCUT2D eigenvalue weighted by molar-refractivity contribution is 7.93. The minimum atomic E-state index is -3.71. The molecule has 1 N–H and O–H groups in total. The zero-order valence-corrected chi connectivity index (χ0v) is 10.8. The number of nitrogens with zero attached hydrogens (tertiary/aromatic N) is 1. The van der Waals surface area contributed by atoms with Crippen LogP contribution in [0.4, 0.5) is 5.69 Å². The number of rotatable bonds is 4. The molecule has 0 bridgehead atoms. The Bertz CT molecular complexity index is 551. The van der Waals surface area contributed by atoms with Crippen LogP contribution in [0.5, 0.6) is 5.75 Å². The van der Waals surface area contributed by atoms with Crippen LogP contribution in [-0.4, -0.2) is 20.8 Å². The summed E-state index contributed by atoms with van der Waals surface area (Å²) in [6.45, 7) is 1.30. The van der Waals surface area contributed by atoms with Gasteiger partial charge in [0.25, 0.3) is 0 Å². The average Bonchev–Trinajstić information content (AvgIpc) is 2.30. The zero-order chi connectivity index (χ0) is 13.1. The van der Waals surface area contributed by atoms with Gasteiger partial charge < -0.3 is 4.74 Å². The Morgan fingerprint density at radius 3 is 2.71 bits per heavy atom. The molecule has 1 aromatic rings. The van der Waals surface area contributed by atoms with Crippen molar-refractivity contribution < 1.29 is 13.2 Å². The summed E-state index contributed by atoms with van der Waals surface area (Å²) in [5, 5.41) is 7.82. The predicted molar refractivity (Wildman–Crippen MR) is 65.6 cm³/mol. The van der Waals surface area contributed by atoms with Crippen LogP contribution >= 0.6 is 11.6 Å². The topological polar surface area (TPSA) is 79.2 Å². The zero-order valence-electron chi connectivity index (χ0n) is 9.27. The predicted octanol–water partition coefficient (Wildman–Crippen LogP) is 2.00. The van der Waals surface area contributed by atoms with E-state index in [4.69, 9.17) is 21.6 Å². The molecule has 7 heteroatoms. The lowest BCUT2D eigenvalue weighted by Gasteiger charge is -2.10. The minimum absolute atomic E-state index is 0.299. The van der Waals surface area contributed by atoms with Gasteiger partial charge in [-0.3, -0.25) is 4.72 Å². The summed E-state index contributed by atoms with van der Waals surface area (Å²) < 4.78 is 30.5. The van der Waals surface area contributed by atoms with Gasteiger partial charge in [0.15, 0.2) is 5.25 Å². The van der Waals surface area contributed by atoms with Crippen molar-refractivity contribution in [2.24, 2.45) is 0 Å². The largest absolute Gasteiger partial charge is 0.495 e. The molecule has 0 aliphatic carbocycles. The van der Waals surface area contributed by atoms with Crippen LogP contribution in [0.25, 0.3) is 0 Å². The van der Waals surface area contributed by atoms with Crippen molar-refractivity contribution in [2.75, 3.05) is 11.8 Å². The van der Waals surface area contributed by atoms with Gasteiger partial charge in [-0.15, -0.1) is 0 Å². The van der Waals surface area contributed by atoms with Crippen LogP contribution < -0.4 is 9.46 Å².